The summed E-state index contributed by atoms with van der Waals surface area (Å²) in [6, 6.07) is 2.08. The van der Waals surface area contributed by atoms with Gasteiger partial charge in [-0.05, 0) is 26.3 Å². The van der Waals surface area contributed by atoms with Crippen molar-refractivity contribution in [1.82, 2.24) is 24.6 Å². The molecule has 1 aliphatic rings. The summed E-state index contributed by atoms with van der Waals surface area (Å²) in [6.07, 6.45) is 5.77. The Labute approximate surface area is 135 Å². The second kappa shape index (κ2) is 6.87. The van der Waals surface area contributed by atoms with Crippen molar-refractivity contribution < 1.29 is 9.53 Å². The molecule has 0 saturated heterocycles. The van der Waals surface area contributed by atoms with Crippen LogP contribution in [0.4, 0.5) is 0 Å². The van der Waals surface area contributed by atoms with Crippen molar-refractivity contribution >= 4 is 5.91 Å². The first-order chi connectivity index (χ1) is 11.2. The number of nitrogens with zero attached hydrogens (tertiary/aromatic N) is 5. The molecule has 23 heavy (non-hydrogen) atoms. The molecule has 0 unspecified atom stereocenters. The van der Waals surface area contributed by atoms with Gasteiger partial charge in [0.05, 0.1) is 30.2 Å². The third kappa shape index (κ3) is 3.39. The fourth-order valence-electron chi connectivity index (χ4n) is 2.78. The number of fused-ring (bicyclic) bond motifs is 1. The van der Waals surface area contributed by atoms with E-state index < -0.39 is 0 Å². The van der Waals surface area contributed by atoms with Crippen molar-refractivity contribution in [3.8, 4) is 0 Å². The summed E-state index contributed by atoms with van der Waals surface area (Å²) in [7, 11) is 0. The van der Waals surface area contributed by atoms with E-state index in [1.54, 1.807) is 18.6 Å². The van der Waals surface area contributed by atoms with Gasteiger partial charge in [-0.3, -0.25) is 14.5 Å². The highest BCUT2D eigenvalue weighted by atomic mass is 16.5. The van der Waals surface area contributed by atoms with Gasteiger partial charge >= 0.3 is 0 Å². The number of carbonyl (C=O) groups excluding carboxylic acids is 1. The van der Waals surface area contributed by atoms with Crippen LogP contribution in [0.15, 0.2) is 24.7 Å². The number of amides is 1. The number of aromatic nitrogens is 4. The minimum Gasteiger partial charge on any atom is -0.382 e. The van der Waals surface area contributed by atoms with E-state index in [1.807, 2.05) is 29.5 Å². The topological polar surface area (TPSA) is 73.1 Å². The first-order valence-electron chi connectivity index (χ1n) is 7.87. The predicted octanol–water partition coefficient (Wildman–Crippen LogP) is 1.61. The molecule has 0 N–H and O–H groups in total. The van der Waals surface area contributed by atoms with Crippen LogP contribution >= 0.6 is 0 Å². The van der Waals surface area contributed by atoms with Crippen LogP contribution < -0.4 is 0 Å². The standard InChI is InChI=1S/C16H21N5O2/c1-3-23-7-5-14-11-20(10-13-4-6-19-21(13)14)16(22)15-9-17-12(2)8-18-15/h4,6,8-9,14H,3,5,7,10-11H2,1-2H3/t14-/m1/s1. The molecule has 1 atom stereocenters. The van der Waals surface area contributed by atoms with Gasteiger partial charge in [0.25, 0.3) is 5.91 Å². The number of aryl methyl sites for hydroxylation is 1. The SMILES string of the molecule is CCOCC[C@@H]1CN(C(=O)c2cnc(C)cn2)Cc2ccnn21. The number of hydrogen-bond donors (Lipinski definition) is 0. The summed E-state index contributed by atoms with van der Waals surface area (Å²) in [4.78, 5) is 22.9. The van der Waals surface area contributed by atoms with E-state index in [9.17, 15) is 4.79 Å². The van der Waals surface area contributed by atoms with Crippen molar-refractivity contribution in [3.63, 3.8) is 0 Å². The number of ether oxygens (including phenoxy) is 1. The maximum Gasteiger partial charge on any atom is 0.274 e. The van der Waals surface area contributed by atoms with E-state index in [2.05, 4.69) is 15.1 Å². The normalized spacial score (nSPS) is 17.1. The van der Waals surface area contributed by atoms with Crippen molar-refractivity contribution in [2.45, 2.75) is 32.9 Å². The lowest BCUT2D eigenvalue weighted by Crippen LogP contribution is -2.42. The molecular weight excluding hydrogens is 294 g/mol. The van der Waals surface area contributed by atoms with Crippen molar-refractivity contribution in [2.75, 3.05) is 19.8 Å². The summed E-state index contributed by atoms with van der Waals surface area (Å²) >= 11 is 0. The lowest BCUT2D eigenvalue weighted by atomic mass is 10.1. The van der Waals surface area contributed by atoms with Crippen LogP contribution in [0.1, 0.15) is 41.3 Å². The fraction of sp³-hybridized carbons (Fsp3) is 0.500. The summed E-state index contributed by atoms with van der Waals surface area (Å²) in [5.41, 5.74) is 2.21. The van der Waals surface area contributed by atoms with Gasteiger partial charge in [0.15, 0.2) is 0 Å². The predicted molar refractivity (Wildman–Crippen MR) is 83.9 cm³/mol. The van der Waals surface area contributed by atoms with Gasteiger partial charge in [-0.2, -0.15) is 5.10 Å². The highest BCUT2D eigenvalue weighted by molar-refractivity contribution is 5.92. The number of carbonyl (C=O) groups is 1. The van der Waals surface area contributed by atoms with Crippen LogP contribution in [0.2, 0.25) is 0 Å². The van der Waals surface area contributed by atoms with E-state index in [1.165, 1.54) is 0 Å². The van der Waals surface area contributed by atoms with Gasteiger partial charge in [0.2, 0.25) is 0 Å². The van der Waals surface area contributed by atoms with Gasteiger partial charge in [-0.15, -0.1) is 0 Å². The molecule has 1 amide bonds. The van der Waals surface area contributed by atoms with Crippen LogP contribution in [0, 0.1) is 6.92 Å². The Morgan fingerprint density at radius 2 is 2.26 bits per heavy atom. The van der Waals surface area contributed by atoms with Gasteiger partial charge in [0.1, 0.15) is 5.69 Å². The monoisotopic (exact) mass is 315 g/mol. The zero-order valence-electron chi connectivity index (χ0n) is 13.5. The van der Waals surface area contributed by atoms with E-state index >= 15 is 0 Å². The van der Waals surface area contributed by atoms with Gasteiger partial charge in [-0.1, -0.05) is 0 Å². The average molecular weight is 315 g/mol. The quantitative estimate of drug-likeness (QED) is 0.784. The molecule has 0 saturated carbocycles. The molecule has 0 aromatic carbocycles. The molecule has 7 heteroatoms. The second-order valence-electron chi connectivity index (χ2n) is 5.64. The molecule has 122 valence electrons. The highest BCUT2D eigenvalue weighted by Crippen LogP contribution is 2.24. The van der Waals surface area contributed by atoms with Gasteiger partial charge in [-0.25, -0.2) is 4.98 Å². The molecule has 2 aromatic heterocycles. The van der Waals surface area contributed by atoms with Crippen molar-refractivity contribution in [3.05, 3.63) is 41.7 Å². The third-order valence-electron chi connectivity index (χ3n) is 3.97. The molecule has 0 radical (unpaired) electrons. The Bertz CT molecular complexity index is 667. The van der Waals surface area contributed by atoms with Crippen molar-refractivity contribution in [1.29, 1.82) is 0 Å². The smallest absolute Gasteiger partial charge is 0.274 e. The van der Waals surface area contributed by atoms with E-state index in [0.29, 0.717) is 32.0 Å². The zero-order chi connectivity index (χ0) is 16.2. The van der Waals surface area contributed by atoms with E-state index in [-0.39, 0.29) is 11.9 Å². The molecular formula is C16H21N5O2. The van der Waals surface area contributed by atoms with Crippen LogP contribution in [0.3, 0.4) is 0 Å². The Morgan fingerprint density at radius 1 is 1.39 bits per heavy atom. The van der Waals surface area contributed by atoms with E-state index in [0.717, 1.165) is 17.8 Å². The first-order valence-corrected chi connectivity index (χ1v) is 7.87. The van der Waals surface area contributed by atoms with E-state index in [4.69, 9.17) is 4.74 Å². The highest BCUT2D eigenvalue weighted by Gasteiger charge is 2.29. The van der Waals surface area contributed by atoms with Gasteiger partial charge < -0.3 is 9.64 Å². The average Bonchev–Trinajstić information content (AvgIpc) is 3.03. The summed E-state index contributed by atoms with van der Waals surface area (Å²) in [6.45, 7) is 6.33. The zero-order valence-corrected chi connectivity index (χ0v) is 13.5. The van der Waals surface area contributed by atoms with Crippen LogP contribution in [0.5, 0.6) is 0 Å². The molecule has 7 nitrogen and oxygen atoms in total. The summed E-state index contributed by atoms with van der Waals surface area (Å²) in [5.74, 6) is -0.0913. The molecule has 0 fully saturated rings. The first kappa shape index (κ1) is 15.6. The minimum atomic E-state index is -0.0913. The molecule has 1 aliphatic heterocycles. The molecule has 0 bridgehead atoms. The Morgan fingerprint density at radius 3 is 3.00 bits per heavy atom. The molecule has 0 aliphatic carbocycles. The second-order valence-corrected chi connectivity index (χ2v) is 5.64. The Hall–Kier alpha value is -2.28. The lowest BCUT2D eigenvalue weighted by molar-refractivity contribution is 0.0619. The van der Waals surface area contributed by atoms with Crippen LogP contribution in [0.25, 0.3) is 0 Å². The molecule has 0 spiro atoms. The fourth-order valence-corrected chi connectivity index (χ4v) is 2.78. The van der Waals surface area contributed by atoms with Crippen molar-refractivity contribution in [2.24, 2.45) is 0 Å². The Balaban J connectivity index is 1.76. The largest absolute Gasteiger partial charge is 0.382 e. The van der Waals surface area contributed by atoms with Gasteiger partial charge in [0, 0.05) is 32.2 Å². The molecule has 3 rings (SSSR count). The maximum atomic E-state index is 12.7. The number of hydrogen-bond acceptors (Lipinski definition) is 5. The van der Waals surface area contributed by atoms with Crippen LogP contribution in [-0.2, 0) is 11.3 Å². The maximum absolute atomic E-state index is 12.7. The summed E-state index contributed by atoms with van der Waals surface area (Å²) < 4.78 is 7.46. The minimum absolute atomic E-state index is 0.0913. The third-order valence-corrected chi connectivity index (χ3v) is 3.97. The van der Waals surface area contributed by atoms with Crippen LogP contribution in [-0.4, -0.2) is 50.3 Å². The Kier molecular flexibility index (Phi) is 4.66. The lowest BCUT2D eigenvalue weighted by Gasteiger charge is -2.33. The molecule has 2 aromatic rings. The molecule has 3 heterocycles. The number of rotatable bonds is 5. The summed E-state index contributed by atoms with van der Waals surface area (Å²) in [5, 5.41) is 4.39.